The van der Waals surface area contributed by atoms with Crippen molar-refractivity contribution in [2.45, 2.75) is 6.19 Å². The van der Waals surface area contributed by atoms with Crippen LogP contribution in [0.2, 0.25) is 0 Å². The van der Waals surface area contributed by atoms with E-state index < -0.39 is 6.19 Å². The van der Waals surface area contributed by atoms with E-state index >= 15 is 0 Å². The van der Waals surface area contributed by atoms with E-state index in [0.717, 1.165) is 0 Å². The average molecular weight is 73.8 g/mol. The fourth-order valence-corrected chi connectivity index (χ4v) is 0. The van der Waals surface area contributed by atoms with Gasteiger partial charge in [0, 0.05) is 0 Å². The first-order valence-corrected chi connectivity index (χ1v) is 1.09. The van der Waals surface area contributed by atoms with Gasteiger partial charge in [-0.2, -0.15) is 0 Å². The quantitative estimate of drug-likeness (QED) is 0.288. The van der Waals surface area contributed by atoms with Crippen LogP contribution in [-0.2, 0) is 4.70 Å². The van der Waals surface area contributed by atoms with Crippen molar-refractivity contribution in [3.63, 3.8) is 0 Å². The van der Waals surface area contributed by atoms with Gasteiger partial charge in [0.05, 0.1) is 0 Å². The van der Waals surface area contributed by atoms with E-state index in [1.54, 1.807) is 0 Å². The van der Waals surface area contributed by atoms with Gasteiger partial charge in [0.2, 0.25) is 0 Å². The van der Waals surface area contributed by atoms with E-state index in [4.69, 9.17) is 14.9 Å². The molecule has 3 nitrogen and oxygen atoms in total. The minimum absolute atomic E-state index is 0.0278. The van der Waals surface area contributed by atoms with E-state index in [2.05, 4.69) is 0 Å². The third kappa shape index (κ3) is 3.78. The van der Waals surface area contributed by atoms with Gasteiger partial charge in [-0.25, -0.2) is 0 Å². The van der Waals surface area contributed by atoms with E-state index in [1.165, 1.54) is 0 Å². The fraction of sp³-hybridized carbons (Fsp3) is 1.00. The van der Waals surface area contributed by atoms with Crippen molar-refractivity contribution in [1.82, 2.24) is 0 Å². The summed E-state index contributed by atoms with van der Waals surface area (Å²) in [6, 6.07) is 0. The normalized spacial score (nSPS) is 7.80. The van der Waals surface area contributed by atoms with Crippen molar-refractivity contribution in [2.75, 3.05) is 0 Å². The summed E-state index contributed by atoms with van der Waals surface area (Å²) >= 11 is 0. The summed E-state index contributed by atoms with van der Waals surface area (Å²) in [5.74, 6) is 0. The first-order valence-electron chi connectivity index (χ1n) is 1.09. The second kappa shape index (κ2) is 2.05. The van der Waals surface area contributed by atoms with Gasteiger partial charge in [0.1, 0.15) is 0 Å². The summed E-state index contributed by atoms with van der Waals surface area (Å²) in [6.07, 6.45) is -1.80. The van der Waals surface area contributed by atoms with Gasteiger partial charge in [0.25, 0.3) is 0 Å². The Morgan fingerprint density at radius 2 is 1.80 bits per heavy atom. The van der Waals surface area contributed by atoms with Gasteiger partial charge in [0.15, 0.2) is 0 Å². The first-order chi connectivity index (χ1) is 2.27. The molecule has 0 fully saturated rings. The third-order valence-electron chi connectivity index (χ3n) is 0.122. The van der Waals surface area contributed by atoms with Crippen LogP contribution in [0.4, 0.5) is 0 Å². The number of hydrogen-bond donors (Lipinski definition) is 2. The van der Waals surface area contributed by atoms with Crippen LogP contribution >= 0.6 is 0 Å². The first kappa shape index (κ1) is 4.78. The third-order valence-corrected chi connectivity index (χ3v) is 0.122. The Hall–Kier alpha value is -0.215. The zero-order valence-corrected chi connectivity index (χ0v) is 2.46. The van der Waals surface area contributed by atoms with Gasteiger partial charge in [-0.3, -0.25) is 0 Å². The summed E-state index contributed by atoms with van der Waals surface area (Å²) in [7, 11) is 0.0278. The molecule has 0 bridgehead atoms. The van der Waals surface area contributed by atoms with Crippen LogP contribution in [0.3, 0.4) is 0 Å². The van der Waals surface area contributed by atoms with E-state index in [0.29, 0.717) is 0 Å². The molecule has 0 aromatic carbocycles. The van der Waals surface area contributed by atoms with Gasteiger partial charge in [-0.1, -0.05) is 0 Å². The zero-order valence-electron chi connectivity index (χ0n) is 2.46. The Morgan fingerprint density at radius 3 is 1.80 bits per heavy atom. The summed E-state index contributed by atoms with van der Waals surface area (Å²) in [6.45, 7) is 0. The molecule has 0 saturated heterocycles. The van der Waals surface area contributed by atoms with Gasteiger partial charge < -0.3 is 0 Å². The predicted molar refractivity (Wildman–Crippen MR) is 14.7 cm³/mol. The monoisotopic (exact) mass is 74.0 g/mol. The molecule has 0 rings (SSSR count). The molecule has 0 aromatic heterocycles. The van der Waals surface area contributed by atoms with Crippen LogP contribution in [0.5, 0.6) is 0 Å². The average Bonchev–Trinajstić information content (AvgIpc) is 1.38. The molecule has 0 aromatic rings. The van der Waals surface area contributed by atoms with Gasteiger partial charge in [-0.15, -0.1) is 0 Å². The van der Waals surface area contributed by atoms with Crippen LogP contribution < -0.4 is 0 Å². The molecule has 2 N–H and O–H groups in total. The molecule has 0 heterocycles. The Labute approximate surface area is 29.5 Å². The van der Waals surface area contributed by atoms with Crippen molar-refractivity contribution in [2.24, 2.45) is 0 Å². The summed E-state index contributed by atoms with van der Waals surface area (Å²) in [5, 5.41) is 15.1. The van der Waals surface area contributed by atoms with Crippen molar-refractivity contribution < 1.29 is 14.9 Å². The van der Waals surface area contributed by atoms with E-state index in [9.17, 15) is 0 Å². The molecule has 0 aliphatic heterocycles. The Kier molecular flexibility index (Phi) is 1.96. The summed E-state index contributed by atoms with van der Waals surface area (Å²) in [5.41, 5.74) is 0. The van der Waals surface area contributed by atoms with Crippen LogP contribution in [0.25, 0.3) is 0 Å². The van der Waals surface area contributed by atoms with E-state index in [1.807, 2.05) is 0 Å². The molecular formula is CH3BO3. The van der Waals surface area contributed by atoms with Crippen LogP contribution in [0, 0.1) is 0 Å². The van der Waals surface area contributed by atoms with Crippen molar-refractivity contribution in [3.8, 4) is 0 Å². The van der Waals surface area contributed by atoms with E-state index in [-0.39, 0.29) is 7.15 Å². The fourth-order valence-electron chi connectivity index (χ4n) is 0. The van der Waals surface area contributed by atoms with Crippen molar-refractivity contribution in [1.29, 1.82) is 0 Å². The Morgan fingerprint density at radius 1 is 1.60 bits per heavy atom. The molecule has 0 aliphatic carbocycles. The number of hydrogen-bond acceptors (Lipinski definition) is 3. The zero-order chi connectivity index (χ0) is 4.28. The number of rotatable bonds is 1. The molecule has 4 heteroatoms. The molecule has 28 valence electrons. The molecule has 0 spiro atoms. The molecule has 0 atom stereocenters. The number of aliphatic hydroxyl groups is 2. The maximum absolute atomic E-state index is 9.00. The van der Waals surface area contributed by atoms with Crippen molar-refractivity contribution in [3.05, 3.63) is 0 Å². The van der Waals surface area contributed by atoms with Crippen LogP contribution in [0.15, 0.2) is 0 Å². The minimum atomic E-state index is -1.80. The number of aliphatic hydroxyl groups excluding tert-OH is 1. The Bertz CT molecular complexity index is 33.9. The molecule has 5 heavy (non-hydrogen) atoms. The SMILES string of the molecule is O=BC(O)O. The summed E-state index contributed by atoms with van der Waals surface area (Å²) < 4.78 is 9.00. The predicted octanol–water partition coefficient (Wildman–Crippen LogP) is -1.70. The Balaban J connectivity index is 2.83. The van der Waals surface area contributed by atoms with Crippen LogP contribution in [0.1, 0.15) is 0 Å². The second-order valence-electron chi connectivity index (χ2n) is 0.550. The van der Waals surface area contributed by atoms with Gasteiger partial charge >= 0.3 is 28.3 Å². The molecule has 0 amide bonds. The summed E-state index contributed by atoms with van der Waals surface area (Å²) in [4.78, 5) is 0. The molecule has 0 radical (unpaired) electrons. The molecular weight excluding hydrogens is 70.8 g/mol. The van der Waals surface area contributed by atoms with Crippen molar-refractivity contribution >= 4 is 7.15 Å². The van der Waals surface area contributed by atoms with Crippen LogP contribution in [-0.4, -0.2) is 23.6 Å². The molecule has 0 unspecified atom stereocenters. The maximum atomic E-state index is 9.00. The standard InChI is InChI=1S/CH3BO3/c3-1(4)2-5/h1,3-4H. The molecule has 0 saturated carbocycles. The molecule has 0 aliphatic rings. The van der Waals surface area contributed by atoms with Gasteiger partial charge in [-0.05, 0) is 0 Å². The topological polar surface area (TPSA) is 57.5 Å². The second-order valence-corrected chi connectivity index (χ2v) is 0.550.